The largest absolute Gasteiger partial charge is 0.481 e. The number of benzene rings is 1. The molecule has 4 N–H and O–H groups in total. The molecule has 5 heterocycles. The van der Waals surface area contributed by atoms with Gasteiger partial charge in [0.2, 0.25) is 11.8 Å². The summed E-state index contributed by atoms with van der Waals surface area (Å²) in [5, 5.41) is 26.0. The molecule has 4 aromatic heterocycles. The van der Waals surface area contributed by atoms with E-state index in [1.807, 2.05) is 86.6 Å². The van der Waals surface area contributed by atoms with Gasteiger partial charge in [0.05, 0.1) is 18.9 Å². The summed E-state index contributed by atoms with van der Waals surface area (Å²) in [6, 6.07) is 10.3. The Morgan fingerprint density at radius 3 is 1.96 bits per heavy atom. The molecule has 70 heavy (non-hydrogen) atoms. The van der Waals surface area contributed by atoms with Crippen LogP contribution in [0.1, 0.15) is 129 Å². The van der Waals surface area contributed by atoms with E-state index < -0.39 is 59.8 Å². The van der Waals surface area contributed by atoms with Crippen LogP contribution in [0, 0.1) is 44.9 Å². The maximum Gasteiger partial charge on any atom is 0.305 e. The molecule has 1 aliphatic heterocycles. The molecule has 0 spiro atoms. The molecule has 5 aromatic rings. The van der Waals surface area contributed by atoms with Crippen molar-refractivity contribution in [3.63, 3.8) is 0 Å². The first kappa shape index (κ1) is 52.1. The van der Waals surface area contributed by atoms with E-state index in [9.17, 15) is 39.0 Å². The van der Waals surface area contributed by atoms with Crippen molar-refractivity contribution in [1.82, 2.24) is 29.7 Å². The van der Waals surface area contributed by atoms with Gasteiger partial charge in [0.15, 0.2) is 0 Å². The van der Waals surface area contributed by atoms with E-state index in [2.05, 4.69) is 25.6 Å². The normalized spacial score (nSPS) is 16.3. The van der Waals surface area contributed by atoms with Crippen molar-refractivity contribution in [1.29, 1.82) is 0 Å². The minimum atomic E-state index is -1.11. The number of carboxylic acid groups (broad SMARTS) is 2. The van der Waals surface area contributed by atoms with Gasteiger partial charge in [-0.25, -0.2) is 0 Å². The van der Waals surface area contributed by atoms with Gasteiger partial charge in [0.25, 0.3) is 11.1 Å². The maximum atomic E-state index is 14.3. The van der Waals surface area contributed by atoms with Gasteiger partial charge in [0.1, 0.15) is 12.1 Å². The van der Waals surface area contributed by atoms with E-state index in [0.717, 1.165) is 55.6 Å². The number of hydrogen-bond acceptors (Lipinski definition) is 9. The molecule has 1 aliphatic rings. The lowest BCUT2D eigenvalue weighted by Gasteiger charge is -2.38. The first-order valence-corrected chi connectivity index (χ1v) is 23.8. The van der Waals surface area contributed by atoms with Crippen molar-refractivity contribution in [3.8, 4) is 11.1 Å². The highest BCUT2D eigenvalue weighted by atomic mass is 16.4. The molecule has 0 saturated carbocycles. The SMILES string of the molecule is Cc1ccc(Cc2ccn([C@H](CC(C)C)C(=O)N[C@@H](CC(=O)O)c3cncc(-c4c(C)cncc4C)c3)c(=O)c2)c(C)c1C1=CN=CC(C)([C@@H](CC(=O)O)NC(=O)C(CC(C)C)n2ccccc2=O)C1. The number of allylic oxidation sites excluding steroid dienone is 1. The van der Waals surface area contributed by atoms with E-state index in [1.54, 1.807) is 61.7 Å². The molecule has 1 aromatic carbocycles. The fourth-order valence-corrected chi connectivity index (χ4v) is 9.67. The molecule has 0 saturated heterocycles. The van der Waals surface area contributed by atoms with Crippen LogP contribution < -0.4 is 21.8 Å². The third-order valence-electron chi connectivity index (χ3n) is 13.2. The van der Waals surface area contributed by atoms with Crippen LogP contribution in [0.4, 0.5) is 0 Å². The van der Waals surface area contributed by atoms with Gasteiger partial charge in [-0.05, 0) is 139 Å². The molecule has 15 nitrogen and oxygen atoms in total. The van der Waals surface area contributed by atoms with E-state index in [0.29, 0.717) is 31.2 Å². The quantitative estimate of drug-likeness (QED) is 0.0586. The van der Waals surface area contributed by atoms with E-state index in [4.69, 9.17) is 0 Å². The molecule has 5 atom stereocenters. The van der Waals surface area contributed by atoms with Crippen LogP contribution in [0.3, 0.4) is 0 Å². The lowest BCUT2D eigenvalue weighted by Crippen LogP contribution is -2.51. The number of aryl methyl sites for hydroxylation is 3. The number of nitrogens with one attached hydrogen (secondary N) is 2. The molecule has 0 bridgehead atoms. The second-order valence-corrected chi connectivity index (χ2v) is 19.8. The van der Waals surface area contributed by atoms with Crippen LogP contribution in [-0.4, -0.2) is 65.3 Å². The number of nitrogens with zero attached hydrogens (tertiary/aromatic N) is 5. The van der Waals surface area contributed by atoms with Gasteiger partial charge in [-0.2, -0.15) is 0 Å². The number of hydrogen-bond donors (Lipinski definition) is 4. The summed E-state index contributed by atoms with van der Waals surface area (Å²) in [5.41, 5.74) is 7.79. The minimum Gasteiger partial charge on any atom is -0.481 e. The Morgan fingerprint density at radius 1 is 0.714 bits per heavy atom. The Hall–Kier alpha value is -7.29. The summed E-state index contributed by atoms with van der Waals surface area (Å²) >= 11 is 0. The van der Waals surface area contributed by atoms with Crippen LogP contribution in [0.5, 0.6) is 0 Å². The number of carbonyl (C=O) groups is 4. The van der Waals surface area contributed by atoms with Crippen molar-refractivity contribution in [3.05, 3.63) is 157 Å². The zero-order valence-electron chi connectivity index (χ0n) is 41.5. The highest BCUT2D eigenvalue weighted by Crippen LogP contribution is 2.40. The summed E-state index contributed by atoms with van der Waals surface area (Å²) in [6.45, 7) is 17.6. The van der Waals surface area contributed by atoms with Crippen molar-refractivity contribution >= 4 is 35.5 Å². The second-order valence-electron chi connectivity index (χ2n) is 19.8. The fourth-order valence-electron chi connectivity index (χ4n) is 9.67. The molecule has 0 aliphatic carbocycles. The van der Waals surface area contributed by atoms with Gasteiger partial charge in [-0.1, -0.05) is 52.8 Å². The van der Waals surface area contributed by atoms with Gasteiger partial charge in [0, 0.05) is 78.7 Å². The van der Waals surface area contributed by atoms with E-state index in [1.165, 1.54) is 21.3 Å². The minimum absolute atomic E-state index is 0.00887. The van der Waals surface area contributed by atoms with Gasteiger partial charge in [-0.15, -0.1) is 0 Å². The molecular formula is C55H65N7O8. The number of carboxylic acids is 2. The number of pyridine rings is 4. The number of rotatable bonds is 20. The summed E-state index contributed by atoms with van der Waals surface area (Å²) < 4.78 is 2.80. The molecular weight excluding hydrogens is 887 g/mol. The maximum absolute atomic E-state index is 14.3. The number of amides is 2. The Labute approximate surface area is 408 Å². The van der Waals surface area contributed by atoms with Crippen molar-refractivity contribution in [2.45, 2.75) is 125 Å². The lowest BCUT2D eigenvalue weighted by atomic mass is 9.73. The average molecular weight is 952 g/mol. The second kappa shape index (κ2) is 22.4. The van der Waals surface area contributed by atoms with Gasteiger partial charge >= 0.3 is 11.9 Å². The van der Waals surface area contributed by atoms with Crippen LogP contribution >= 0.6 is 0 Å². The lowest BCUT2D eigenvalue weighted by molar-refractivity contribution is -0.139. The third-order valence-corrected chi connectivity index (χ3v) is 13.2. The Bertz CT molecular complexity index is 2930. The van der Waals surface area contributed by atoms with Gasteiger partial charge < -0.3 is 30.0 Å². The Kier molecular flexibility index (Phi) is 16.7. The molecule has 6 rings (SSSR count). The van der Waals surface area contributed by atoms with Crippen molar-refractivity contribution in [2.24, 2.45) is 22.2 Å². The Morgan fingerprint density at radius 2 is 1.34 bits per heavy atom. The number of aliphatic carboxylic acids is 2. The predicted molar refractivity (Wildman–Crippen MR) is 271 cm³/mol. The summed E-state index contributed by atoms with van der Waals surface area (Å²) in [6.07, 6.45) is 14.1. The van der Waals surface area contributed by atoms with Crippen LogP contribution in [0.25, 0.3) is 16.7 Å². The third kappa shape index (κ3) is 12.5. The molecule has 0 radical (unpaired) electrons. The van der Waals surface area contributed by atoms with Gasteiger partial charge in [-0.3, -0.25) is 43.7 Å². The van der Waals surface area contributed by atoms with Crippen molar-refractivity contribution < 1.29 is 29.4 Å². The zero-order chi connectivity index (χ0) is 51.0. The van der Waals surface area contributed by atoms with Crippen LogP contribution in [0.2, 0.25) is 0 Å². The highest BCUT2D eigenvalue weighted by molar-refractivity contribution is 5.86. The summed E-state index contributed by atoms with van der Waals surface area (Å²) in [5.74, 6) is -3.05. The average Bonchev–Trinajstić information content (AvgIpc) is 3.28. The molecule has 15 heteroatoms. The molecule has 368 valence electrons. The molecule has 2 amide bonds. The first-order valence-electron chi connectivity index (χ1n) is 23.8. The predicted octanol–water partition coefficient (Wildman–Crippen LogP) is 8.28. The highest BCUT2D eigenvalue weighted by Gasteiger charge is 2.40. The first-order chi connectivity index (χ1) is 33.1. The number of carbonyl (C=O) groups excluding carboxylic acids is 2. The molecule has 2 unspecified atom stereocenters. The topological polar surface area (TPSA) is 215 Å². The van der Waals surface area contributed by atoms with E-state index in [-0.39, 0.29) is 29.4 Å². The summed E-state index contributed by atoms with van der Waals surface area (Å²) in [4.78, 5) is 93.1. The zero-order valence-corrected chi connectivity index (χ0v) is 41.5. The molecule has 0 fully saturated rings. The smallest absolute Gasteiger partial charge is 0.305 e. The fraction of sp³-hybridized carbons (Fsp3) is 0.400. The number of aliphatic imine (C=N–C) groups is 1. The Balaban J connectivity index is 1.24. The monoisotopic (exact) mass is 951 g/mol. The summed E-state index contributed by atoms with van der Waals surface area (Å²) in [7, 11) is 0. The number of aromatic nitrogens is 4. The van der Waals surface area contributed by atoms with Crippen LogP contribution in [-0.2, 0) is 25.6 Å². The van der Waals surface area contributed by atoms with Crippen LogP contribution in [0.15, 0.2) is 106 Å². The van der Waals surface area contributed by atoms with Crippen molar-refractivity contribution in [2.75, 3.05) is 0 Å². The standard InChI is InChI=1S/C55H65N7O8/c1-32(2)18-44(53(69)59-43(23-49(65)66)40-22-41(29-57-28-40)51-35(6)26-56-27-36(51)7)62-17-15-38(21-48(62)64)20-39-14-13-34(5)52(37(39)8)42-25-55(9,31-58-30-42)46(24-50(67)68)60-54(70)45(19-33(3)4)61-16-11-10-12-47(61)63/h10-17,21-22,26-33,43-46H,18-20,23-25H2,1-9H3,(H,59,69)(H,60,70)(H,65,66)(H,67,68)/t43-,44+,45?,46+,55?/m0/s1. The van der Waals surface area contributed by atoms with E-state index >= 15 is 0 Å².